The van der Waals surface area contributed by atoms with Crippen molar-refractivity contribution in [1.29, 1.82) is 0 Å². The van der Waals surface area contributed by atoms with Crippen LogP contribution in [0, 0.1) is 0 Å². The van der Waals surface area contributed by atoms with Gasteiger partial charge in [-0.25, -0.2) is 4.79 Å². The summed E-state index contributed by atoms with van der Waals surface area (Å²) in [6.07, 6.45) is -0.371. The Bertz CT molecular complexity index is 1840. The second kappa shape index (κ2) is 36.5. The van der Waals surface area contributed by atoms with E-state index < -0.39 is 0 Å². The van der Waals surface area contributed by atoms with Gasteiger partial charge in [0.2, 0.25) is 0 Å². The summed E-state index contributed by atoms with van der Waals surface area (Å²) in [6.45, 7) is 12.4. The Kier molecular flexibility index (Phi) is 29.5. The van der Waals surface area contributed by atoms with Crippen LogP contribution in [0.3, 0.4) is 0 Å². The highest BCUT2D eigenvalue weighted by Crippen LogP contribution is 2.44. The van der Waals surface area contributed by atoms with E-state index in [1.807, 2.05) is 24.3 Å². The summed E-state index contributed by atoms with van der Waals surface area (Å²) in [5.74, 6) is -0.536. The molecule has 0 radical (unpaired) electrons. The van der Waals surface area contributed by atoms with Crippen molar-refractivity contribution in [3.8, 4) is 11.1 Å². The number of ether oxygens (including phenoxy) is 14. The van der Waals surface area contributed by atoms with Crippen LogP contribution in [-0.2, 0) is 66.3 Å². The molecule has 0 spiro atoms. The monoisotopic (exact) mass is 998 g/mol. The second-order valence-electron chi connectivity index (χ2n) is 16.0. The quantitative estimate of drug-likeness (QED) is 0.0573. The van der Waals surface area contributed by atoms with E-state index in [-0.39, 0.29) is 37.0 Å². The average molecular weight is 999 g/mol. The van der Waals surface area contributed by atoms with Crippen molar-refractivity contribution in [2.75, 3.05) is 199 Å². The van der Waals surface area contributed by atoms with Gasteiger partial charge < -0.3 is 71.2 Å². The largest absolute Gasteiger partial charge is 0.448 e. The molecule has 3 amide bonds. The fourth-order valence-electron chi connectivity index (χ4n) is 7.34. The van der Waals surface area contributed by atoms with Crippen LogP contribution in [0.2, 0.25) is 0 Å². The lowest BCUT2D eigenvalue weighted by atomic mass is 9.98. The van der Waals surface area contributed by atoms with Gasteiger partial charge in [-0.1, -0.05) is 60.7 Å². The number of carbonyl (C=O) groups excluding carboxylic acids is 3. The van der Waals surface area contributed by atoms with Gasteiger partial charge in [0.1, 0.15) is 6.61 Å². The molecule has 1 aliphatic heterocycles. The molecule has 0 atom stereocenters. The zero-order chi connectivity index (χ0) is 49.8. The highest BCUT2D eigenvalue weighted by Gasteiger charge is 2.34. The van der Waals surface area contributed by atoms with E-state index in [9.17, 15) is 14.4 Å². The molecule has 0 N–H and O–H groups in total. The van der Waals surface area contributed by atoms with E-state index in [0.29, 0.717) is 189 Å². The normalized spacial score (nSPS) is 13.0. The molecule has 3 aromatic rings. The first-order valence-corrected chi connectivity index (χ1v) is 24.6. The fourth-order valence-corrected chi connectivity index (χ4v) is 7.34. The van der Waals surface area contributed by atoms with E-state index >= 15 is 0 Å². The third-order valence-corrected chi connectivity index (χ3v) is 11.0. The van der Waals surface area contributed by atoms with Crippen LogP contribution >= 0.6 is 0 Å². The molecule has 19 nitrogen and oxygen atoms in total. The number of likely N-dealkylation sites (N-methyl/N-ethyl adjacent to an activating group) is 1. The standard InChI is InChI=1S/C52H74N2O17/c1-53(52(57)71-42-49-45-10-4-2-8-43(45)44-9-3-5-11-46(44)49)14-16-58-18-20-60-22-24-62-26-28-64-30-32-66-34-36-68-38-40-70-41-39-69-37-35-67-33-31-65-29-27-63-25-23-61-21-19-59-17-15-54-50(55)47-12-6-7-13-48(47)51(54)56/h2-13,49H,14-42H2,1H3. The summed E-state index contributed by atoms with van der Waals surface area (Å²) in [5.41, 5.74) is 5.65. The number of rotatable bonds is 44. The molecule has 1 heterocycles. The van der Waals surface area contributed by atoms with Crippen LogP contribution in [0.1, 0.15) is 37.8 Å². The first-order chi connectivity index (χ1) is 35.1. The molecule has 5 rings (SSSR count). The van der Waals surface area contributed by atoms with E-state index in [1.165, 1.54) is 32.1 Å². The van der Waals surface area contributed by atoms with Gasteiger partial charge in [-0.3, -0.25) is 14.5 Å². The molecule has 3 aromatic carbocycles. The van der Waals surface area contributed by atoms with Crippen LogP contribution in [0.4, 0.5) is 4.79 Å². The van der Waals surface area contributed by atoms with Crippen molar-refractivity contribution >= 4 is 17.9 Å². The topological polar surface area (TPSA) is 187 Å². The molecular weight excluding hydrogens is 925 g/mol. The first kappa shape index (κ1) is 57.5. The minimum atomic E-state index is -0.371. The zero-order valence-electron chi connectivity index (χ0n) is 41.3. The Balaban J connectivity index is 0.650. The molecule has 0 unspecified atom stereocenters. The molecule has 1 aliphatic carbocycles. The third-order valence-electron chi connectivity index (χ3n) is 11.0. The predicted molar refractivity (Wildman–Crippen MR) is 260 cm³/mol. The number of imide groups is 1. The fraction of sp³-hybridized carbons (Fsp3) is 0.596. The third kappa shape index (κ3) is 22.1. The molecule has 71 heavy (non-hydrogen) atoms. The van der Waals surface area contributed by atoms with Gasteiger partial charge in [0.05, 0.1) is 189 Å². The number of amides is 3. The van der Waals surface area contributed by atoms with Crippen molar-refractivity contribution < 1.29 is 80.7 Å². The highest BCUT2D eigenvalue weighted by atomic mass is 16.6. The van der Waals surface area contributed by atoms with Crippen LogP contribution in [0.5, 0.6) is 0 Å². The summed E-state index contributed by atoms with van der Waals surface area (Å²) in [6, 6.07) is 23.4. The Labute approximate surface area is 418 Å². The Morgan fingerprint density at radius 1 is 0.394 bits per heavy atom. The Morgan fingerprint density at radius 2 is 0.662 bits per heavy atom. The number of carbonyl (C=O) groups is 3. The van der Waals surface area contributed by atoms with Gasteiger partial charge in [0.15, 0.2) is 0 Å². The van der Waals surface area contributed by atoms with Gasteiger partial charge >= 0.3 is 6.09 Å². The van der Waals surface area contributed by atoms with Gasteiger partial charge in [0, 0.05) is 19.5 Å². The van der Waals surface area contributed by atoms with Crippen molar-refractivity contribution in [3.63, 3.8) is 0 Å². The van der Waals surface area contributed by atoms with Crippen molar-refractivity contribution in [1.82, 2.24) is 9.80 Å². The lowest BCUT2D eigenvalue weighted by molar-refractivity contribution is -0.0291. The summed E-state index contributed by atoms with van der Waals surface area (Å²) in [7, 11) is 1.71. The molecule has 0 fully saturated rings. The van der Waals surface area contributed by atoms with Crippen molar-refractivity contribution in [2.24, 2.45) is 0 Å². The van der Waals surface area contributed by atoms with Gasteiger partial charge in [-0.15, -0.1) is 0 Å². The Hall–Kier alpha value is -4.45. The molecular formula is C52H74N2O17. The van der Waals surface area contributed by atoms with Crippen LogP contribution in [0.25, 0.3) is 11.1 Å². The molecule has 0 saturated carbocycles. The summed E-state index contributed by atoms with van der Waals surface area (Å²) in [4.78, 5) is 40.1. The molecule has 394 valence electrons. The number of hydrogen-bond acceptors (Lipinski definition) is 17. The minimum absolute atomic E-state index is 0.0299. The maximum absolute atomic E-state index is 12.6. The van der Waals surface area contributed by atoms with Crippen LogP contribution in [-0.4, -0.2) is 226 Å². The molecule has 19 heteroatoms. The molecule has 0 aromatic heterocycles. The number of hydrogen-bond donors (Lipinski definition) is 0. The van der Waals surface area contributed by atoms with Gasteiger partial charge in [-0.05, 0) is 34.4 Å². The van der Waals surface area contributed by atoms with E-state index in [4.69, 9.17) is 66.3 Å². The van der Waals surface area contributed by atoms with Gasteiger partial charge in [-0.2, -0.15) is 0 Å². The smallest absolute Gasteiger partial charge is 0.409 e. The SMILES string of the molecule is CN(CCOCCOCCOCCOCCOCCOCCOCCOCCOCCOCCOCCOCCOCCN1C(=O)c2ccccc2C1=O)C(=O)OCC1c2ccccc2-c2ccccc21. The van der Waals surface area contributed by atoms with E-state index in [1.54, 1.807) is 31.3 Å². The zero-order valence-corrected chi connectivity index (χ0v) is 41.3. The van der Waals surface area contributed by atoms with E-state index in [2.05, 4.69) is 24.3 Å². The number of fused-ring (bicyclic) bond motifs is 4. The minimum Gasteiger partial charge on any atom is -0.448 e. The Morgan fingerprint density at radius 3 is 0.986 bits per heavy atom. The predicted octanol–water partition coefficient (Wildman–Crippen LogP) is 4.38. The highest BCUT2D eigenvalue weighted by molar-refractivity contribution is 6.21. The summed E-state index contributed by atoms with van der Waals surface area (Å²) in [5, 5.41) is 0. The maximum Gasteiger partial charge on any atom is 0.409 e. The van der Waals surface area contributed by atoms with Crippen molar-refractivity contribution in [3.05, 3.63) is 95.1 Å². The molecule has 2 aliphatic rings. The molecule has 0 saturated heterocycles. The average Bonchev–Trinajstić information content (AvgIpc) is 3.84. The number of nitrogens with zero attached hydrogens (tertiary/aromatic N) is 2. The van der Waals surface area contributed by atoms with Crippen LogP contribution in [0.15, 0.2) is 72.8 Å². The van der Waals surface area contributed by atoms with Crippen LogP contribution < -0.4 is 0 Å². The lowest BCUT2D eigenvalue weighted by Crippen LogP contribution is -2.33. The van der Waals surface area contributed by atoms with Crippen molar-refractivity contribution in [2.45, 2.75) is 5.92 Å². The second-order valence-corrected chi connectivity index (χ2v) is 16.0. The van der Waals surface area contributed by atoms with E-state index in [0.717, 1.165) is 0 Å². The number of benzene rings is 3. The first-order valence-electron chi connectivity index (χ1n) is 24.6. The lowest BCUT2D eigenvalue weighted by Gasteiger charge is -2.19. The van der Waals surface area contributed by atoms with Gasteiger partial charge in [0.25, 0.3) is 11.8 Å². The molecule has 0 bridgehead atoms. The maximum atomic E-state index is 12.6. The summed E-state index contributed by atoms with van der Waals surface area (Å²) < 4.78 is 77.5. The summed E-state index contributed by atoms with van der Waals surface area (Å²) >= 11 is 0.